The number of hydrogen-bond acceptors (Lipinski definition) is 4. The minimum absolute atomic E-state index is 0.824. The second kappa shape index (κ2) is 7.36. The molecule has 1 aliphatic heterocycles. The SMILES string of the molecule is c1ccc(-c2ncc(CNCCN3CCOCC3)[nH]2)cc1. The fourth-order valence-corrected chi connectivity index (χ4v) is 2.48. The molecule has 1 aromatic heterocycles. The third-order valence-electron chi connectivity index (χ3n) is 3.70. The van der Waals surface area contributed by atoms with E-state index >= 15 is 0 Å². The van der Waals surface area contributed by atoms with E-state index in [1.54, 1.807) is 0 Å². The van der Waals surface area contributed by atoms with Crippen molar-refractivity contribution in [2.75, 3.05) is 39.4 Å². The topological polar surface area (TPSA) is 53.2 Å². The molecule has 0 radical (unpaired) electrons. The third kappa shape index (κ3) is 4.14. The second-order valence-corrected chi connectivity index (χ2v) is 5.25. The number of aromatic nitrogens is 2. The quantitative estimate of drug-likeness (QED) is 0.790. The van der Waals surface area contributed by atoms with Crippen molar-refractivity contribution < 1.29 is 4.74 Å². The number of H-pyrrole nitrogens is 1. The van der Waals surface area contributed by atoms with Gasteiger partial charge in [0.15, 0.2) is 0 Å². The van der Waals surface area contributed by atoms with Gasteiger partial charge in [-0.15, -0.1) is 0 Å². The van der Waals surface area contributed by atoms with E-state index in [1.165, 1.54) is 0 Å². The molecule has 5 nitrogen and oxygen atoms in total. The molecule has 1 saturated heterocycles. The van der Waals surface area contributed by atoms with Crippen molar-refractivity contribution >= 4 is 0 Å². The molecule has 1 fully saturated rings. The van der Waals surface area contributed by atoms with Gasteiger partial charge in [-0.05, 0) is 0 Å². The average molecular weight is 286 g/mol. The number of ether oxygens (including phenoxy) is 1. The molecule has 5 heteroatoms. The number of benzene rings is 1. The molecule has 0 bridgehead atoms. The van der Waals surface area contributed by atoms with E-state index in [0.717, 1.165) is 63.0 Å². The zero-order valence-electron chi connectivity index (χ0n) is 12.2. The van der Waals surface area contributed by atoms with Crippen molar-refractivity contribution in [3.05, 3.63) is 42.2 Å². The maximum atomic E-state index is 5.34. The molecule has 1 aliphatic rings. The molecule has 112 valence electrons. The van der Waals surface area contributed by atoms with E-state index in [-0.39, 0.29) is 0 Å². The van der Waals surface area contributed by atoms with Gasteiger partial charge in [-0.2, -0.15) is 0 Å². The molecule has 0 atom stereocenters. The minimum Gasteiger partial charge on any atom is -0.379 e. The fraction of sp³-hybridized carbons (Fsp3) is 0.438. The average Bonchev–Trinajstić information content (AvgIpc) is 3.02. The van der Waals surface area contributed by atoms with E-state index in [2.05, 4.69) is 32.3 Å². The minimum atomic E-state index is 0.824. The monoisotopic (exact) mass is 286 g/mol. The van der Waals surface area contributed by atoms with Crippen molar-refractivity contribution in [2.24, 2.45) is 0 Å². The zero-order valence-corrected chi connectivity index (χ0v) is 12.2. The van der Waals surface area contributed by atoms with Gasteiger partial charge in [-0.3, -0.25) is 4.90 Å². The van der Waals surface area contributed by atoms with Crippen LogP contribution in [0.5, 0.6) is 0 Å². The van der Waals surface area contributed by atoms with Crippen LogP contribution in [0.4, 0.5) is 0 Å². The van der Waals surface area contributed by atoms with Gasteiger partial charge < -0.3 is 15.0 Å². The Labute approximate surface area is 125 Å². The van der Waals surface area contributed by atoms with E-state index in [1.807, 2.05) is 24.4 Å². The van der Waals surface area contributed by atoms with Crippen molar-refractivity contribution in [2.45, 2.75) is 6.54 Å². The highest BCUT2D eigenvalue weighted by Crippen LogP contribution is 2.14. The lowest BCUT2D eigenvalue weighted by molar-refractivity contribution is 0.0384. The fourth-order valence-electron chi connectivity index (χ4n) is 2.48. The summed E-state index contributed by atoms with van der Waals surface area (Å²) in [7, 11) is 0. The number of morpholine rings is 1. The predicted octanol–water partition coefficient (Wildman–Crippen LogP) is 1.50. The van der Waals surface area contributed by atoms with Crippen molar-refractivity contribution in [3.63, 3.8) is 0 Å². The van der Waals surface area contributed by atoms with Gasteiger partial charge in [-0.1, -0.05) is 30.3 Å². The van der Waals surface area contributed by atoms with Gasteiger partial charge in [0.25, 0.3) is 0 Å². The summed E-state index contributed by atoms with van der Waals surface area (Å²) in [6.07, 6.45) is 1.91. The van der Waals surface area contributed by atoms with E-state index in [0.29, 0.717) is 0 Å². The molecule has 0 saturated carbocycles. The summed E-state index contributed by atoms with van der Waals surface area (Å²) < 4.78 is 5.34. The van der Waals surface area contributed by atoms with Gasteiger partial charge in [0.05, 0.1) is 13.2 Å². The Morgan fingerprint density at radius 3 is 2.81 bits per heavy atom. The molecule has 0 spiro atoms. The Bertz CT molecular complexity index is 534. The van der Waals surface area contributed by atoms with Crippen LogP contribution in [0.15, 0.2) is 36.5 Å². The van der Waals surface area contributed by atoms with Crippen LogP contribution in [-0.4, -0.2) is 54.3 Å². The lowest BCUT2D eigenvalue weighted by Gasteiger charge is -2.26. The van der Waals surface area contributed by atoms with Gasteiger partial charge in [0.1, 0.15) is 5.82 Å². The summed E-state index contributed by atoms with van der Waals surface area (Å²) in [4.78, 5) is 10.2. The first-order valence-corrected chi connectivity index (χ1v) is 7.52. The summed E-state index contributed by atoms with van der Waals surface area (Å²) in [5, 5.41) is 3.46. The summed E-state index contributed by atoms with van der Waals surface area (Å²) in [6.45, 7) is 6.70. The number of rotatable bonds is 6. The first-order chi connectivity index (χ1) is 10.4. The first kappa shape index (κ1) is 14.3. The summed E-state index contributed by atoms with van der Waals surface area (Å²) in [5.74, 6) is 0.931. The maximum Gasteiger partial charge on any atom is 0.137 e. The van der Waals surface area contributed by atoms with Crippen LogP contribution in [0.25, 0.3) is 11.4 Å². The van der Waals surface area contributed by atoms with Crippen LogP contribution in [0.2, 0.25) is 0 Å². The molecule has 21 heavy (non-hydrogen) atoms. The van der Waals surface area contributed by atoms with Crippen LogP contribution in [-0.2, 0) is 11.3 Å². The number of hydrogen-bond donors (Lipinski definition) is 2. The first-order valence-electron chi connectivity index (χ1n) is 7.52. The molecule has 2 heterocycles. The highest BCUT2D eigenvalue weighted by Gasteiger charge is 2.09. The second-order valence-electron chi connectivity index (χ2n) is 5.25. The highest BCUT2D eigenvalue weighted by molar-refractivity contribution is 5.54. The smallest absolute Gasteiger partial charge is 0.137 e. The summed E-state index contributed by atoms with van der Waals surface area (Å²) in [6, 6.07) is 10.2. The van der Waals surface area contributed by atoms with Crippen molar-refractivity contribution in [1.29, 1.82) is 0 Å². The number of aromatic amines is 1. The molecular formula is C16H22N4O. The number of nitrogens with one attached hydrogen (secondary N) is 2. The van der Waals surface area contributed by atoms with Gasteiger partial charge in [0, 0.05) is 50.2 Å². The standard InChI is InChI=1S/C16H22N4O/c1-2-4-14(5-3-1)16-18-13-15(19-16)12-17-6-7-20-8-10-21-11-9-20/h1-5,13,17H,6-12H2,(H,18,19). The Morgan fingerprint density at radius 2 is 2.00 bits per heavy atom. The molecule has 3 rings (SSSR count). The summed E-state index contributed by atoms with van der Waals surface area (Å²) in [5.41, 5.74) is 2.24. The molecule has 2 N–H and O–H groups in total. The van der Waals surface area contributed by atoms with Gasteiger partial charge in [-0.25, -0.2) is 4.98 Å². The Hall–Kier alpha value is -1.69. The van der Waals surface area contributed by atoms with Crippen LogP contribution in [0, 0.1) is 0 Å². The van der Waals surface area contributed by atoms with Crippen molar-refractivity contribution in [1.82, 2.24) is 20.2 Å². The lowest BCUT2D eigenvalue weighted by atomic mass is 10.2. The number of nitrogens with zero attached hydrogens (tertiary/aromatic N) is 2. The summed E-state index contributed by atoms with van der Waals surface area (Å²) >= 11 is 0. The van der Waals surface area contributed by atoms with Crippen LogP contribution < -0.4 is 5.32 Å². The number of imidazole rings is 1. The molecule has 0 unspecified atom stereocenters. The van der Waals surface area contributed by atoms with E-state index < -0.39 is 0 Å². The van der Waals surface area contributed by atoms with Crippen LogP contribution in [0.3, 0.4) is 0 Å². The van der Waals surface area contributed by atoms with Gasteiger partial charge >= 0.3 is 0 Å². The molecule has 1 aromatic carbocycles. The van der Waals surface area contributed by atoms with Gasteiger partial charge in [0.2, 0.25) is 0 Å². The van der Waals surface area contributed by atoms with E-state index in [9.17, 15) is 0 Å². The van der Waals surface area contributed by atoms with Crippen LogP contribution in [0.1, 0.15) is 5.69 Å². The highest BCUT2D eigenvalue weighted by atomic mass is 16.5. The lowest BCUT2D eigenvalue weighted by Crippen LogP contribution is -2.40. The molecule has 0 amide bonds. The normalized spacial score (nSPS) is 16.2. The third-order valence-corrected chi connectivity index (χ3v) is 3.70. The largest absolute Gasteiger partial charge is 0.379 e. The Morgan fingerprint density at radius 1 is 1.19 bits per heavy atom. The molecule has 0 aliphatic carbocycles. The van der Waals surface area contributed by atoms with Crippen LogP contribution >= 0.6 is 0 Å². The molecule has 2 aromatic rings. The molecular weight excluding hydrogens is 264 g/mol. The van der Waals surface area contributed by atoms with E-state index in [4.69, 9.17) is 4.74 Å². The Balaban J connectivity index is 1.42. The zero-order chi connectivity index (χ0) is 14.3. The van der Waals surface area contributed by atoms with Crippen molar-refractivity contribution in [3.8, 4) is 11.4 Å². The maximum absolute atomic E-state index is 5.34. The predicted molar refractivity (Wildman–Crippen MR) is 83.0 cm³/mol. The Kier molecular flexibility index (Phi) is 4.99.